The topological polar surface area (TPSA) is 116 Å². The standard InChI is InChI=1S/C19H28O2.C17H19N5/c1-18-9-7-13(20)11-12(18)3-4-14-15-5-6-17(21)19(15,2)10-8-16(14)18;1-16(2,9-18)14-5-13(8-22-12-20-11-21-22)6-15(7-14)17(3,4)10-19/h11,14-17,21H,3-10H2,1-2H3;5-7,11-12H,8H2,1-4H3/t14-,15-,16-,17-,18-,19-;/m0./s1. The Labute approximate surface area is 257 Å². The Morgan fingerprint density at radius 3 is 2.23 bits per heavy atom. The van der Waals surface area contributed by atoms with E-state index in [1.807, 2.05) is 52.0 Å². The molecule has 0 saturated heterocycles. The summed E-state index contributed by atoms with van der Waals surface area (Å²) in [6, 6.07) is 10.6. The Balaban J connectivity index is 0.000000171. The molecule has 0 amide bonds. The van der Waals surface area contributed by atoms with Crippen LogP contribution in [0.1, 0.15) is 110 Å². The Hall–Kier alpha value is -3.29. The molecule has 0 bridgehead atoms. The van der Waals surface area contributed by atoms with Crippen molar-refractivity contribution in [3.63, 3.8) is 0 Å². The smallest absolute Gasteiger partial charge is 0.155 e. The number of ketones is 1. The minimum absolute atomic E-state index is 0.0823. The predicted molar refractivity (Wildman–Crippen MR) is 166 cm³/mol. The number of nitriles is 2. The zero-order valence-electron chi connectivity index (χ0n) is 26.7. The summed E-state index contributed by atoms with van der Waals surface area (Å²) >= 11 is 0. The first-order valence-electron chi connectivity index (χ1n) is 16.0. The molecule has 0 radical (unpaired) electrons. The largest absolute Gasteiger partial charge is 0.393 e. The molecule has 7 nitrogen and oxygen atoms in total. The minimum Gasteiger partial charge on any atom is -0.393 e. The van der Waals surface area contributed by atoms with Gasteiger partial charge >= 0.3 is 0 Å². The average Bonchev–Trinajstić information content (AvgIpc) is 3.60. The van der Waals surface area contributed by atoms with E-state index in [0.29, 0.717) is 18.2 Å². The van der Waals surface area contributed by atoms with Crippen LogP contribution in [0.4, 0.5) is 0 Å². The molecule has 3 saturated carbocycles. The molecule has 3 fully saturated rings. The number of hydrogen-bond donors (Lipinski definition) is 1. The lowest BCUT2D eigenvalue weighted by molar-refractivity contribution is -0.118. The van der Waals surface area contributed by atoms with Crippen LogP contribution < -0.4 is 0 Å². The molecule has 1 N–H and O–H groups in total. The molecule has 0 aliphatic heterocycles. The number of fused-ring (bicyclic) bond motifs is 5. The minimum atomic E-state index is -0.612. The van der Waals surface area contributed by atoms with Crippen molar-refractivity contribution in [3.8, 4) is 12.1 Å². The molecule has 2 aromatic rings. The monoisotopic (exact) mass is 581 g/mol. The van der Waals surface area contributed by atoms with Crippen molar-refractivity contribution in [2.24, 2.45) is 28.6 Å². The molecule has 1 heterocycles. The summed E-state index contributed by atoms with van der Waals surface area (Å²) < 4.78 is 1.72. The Morgan fingerprint density at radius 1 is 0.953 bits per heavy atom. The molecule has 7 heteroatoms. The summed E-state index contributed by atoms with van der Waals surface area (Å²) in [6.07, 6.45) is 13.8. The maximum Gasteiger partial charge on any atom is 0.155 e. The number of carbonyl (C=O) groups is 1. The van der Waals surface area contributed by atoms with E-state index >= 15 is 0 Å². The third-order valence-corrected chi connectivity index (χ3v) is 11.7. The molecule has 1 aromatic carbocycles. The first kappa shape index (κ1) is 31.1. The van der Waals surface area contributed by atoms with Gasteiger partial charge in [0, 0.05) is 6.42 Å². The van der Waals surface area contributed by atoms with Crippen LogP contribution in [-0.2, 0) is 22.2 Å². The SMILES string of the molecule is CC(C)(C#N)c1cc(Cn2cncn2)cc(C(C)(C)C#N)c1.C[C@]12CC[C@H]3[C@@H](CCC4=CC(=O)CC[C@@]43C)[C@@H]1CC[C@@H]2O. The second kappa shape index (κ2) is 11.3. The van der Waals surface area contributed by atoms with Gasteiger partial charge in [0.05, 0.1) is 35.6 Å². The lowest BCUT2D eigenvalue weighted by Crippen LogP contribution is -2.51. The maximum atomic E-state index is 11.8. The van der Waals surface area contributed by atoms with E-state index in [9.17, 15) is 20.4 Å². The Bertz CT molecular complexity index is 1430. The van der Waals surface area contributed by atoms with Crippen molar-refractivity contribution in [2.75, 3.05) is 0 Å². The van der Waals surface area contributed by atoms with Gasteiger partial charge in [-0.2, -0.15) is 15.6 Å². The zero-order chi connectivity index (χ0) is 31.2. The van der Waals surface area contributed by atoms with Crippen LogP contribution in [0.3, 0.4) is 0 Å². The van der Waals surface area contributed by atoms with Gasteiger partial charge in [0.1, 0.15) is 12.7 Å². The van der Waals surface area contributed by atoms with Gasteiger partial charge in [-0.15, -0.1) is 0 Å². The summed E-state index contributed by atoms with van der Waals surface area (Å²) in [5.74, 6) is 2.57. The fourth-order valence-corrected chi connectivity index (χ4v) is 8.67. The van der Waals surface area contributed by atoms with Crippen LogP contribution in [0.25, 0.3) is 0 Å². The summed E-state index contributed by atoms with van der Waals surface area (Å²) in [5.41, 5.74) is 3.48. The van der Waals surface area contributed by atoms with Crippen molar-refractivity contribution in [3.05, 3.63) is 59.2 Å². The molecule has 6 rings (SSSR count). The molecule has 1 aromatic heterocycles. The highest BCUT2D eigenvalue weighted by Crippen LogP contribution is 2.65. The molecule has 0 spiro atoms. The highest BCUT2D eigenvalue weighted by atomic mass is 16.3. The van der Waals surface area contributed by atoms with Crippen LogP contribution >= 0.6 is 0 Å². The quantitative estimate of drug-likeness (QED) is 0.424. The van der Waals surface area contributed by atoms with Crippen LogP contribution in [0.15, 0.2) is 42.5 Å². The molecule has 4 aliphatic carbocycles. The molecule has 0 unspecified atom stereocenters. The van der Waals surface area contributed by atoms with Gasteiger partial charge in [-0.1, -0.05) is 37.6 Å². The normalized spacial score (nSPS) is 31.7. The highest BCUT2D eigenvalue weighted by molar-refractivity contribution is 5.91. The number of aliphatic hydroxyl groups is 1. The van der Waals surface area contributed by atoms with Gasteiger partial charge in [-0.25, -0.2) is 9.67 Å². The van der Waals surface area contributed by atoms with Crippen LogP contribution in [-0.4, -0.2) is 31.8 Å². The zero-order valence-corrected chi connectivity index (χ0v) is 26.7. The number of carbonyl (C=O) groups excluding carboxylic acids is 1. The van der Waals surface area contributed by atoms with Gasteiger partial charge in [0.2, 0.25) is 0 Å². The molecule has 6 atom stereocenters. The lowest BCUT2D eigenvalue weighted by atomic mass is 9.47. The van der Waals surface area contributed by atoms with Gasteiger partial charge in [0.25, 0.3) is 0 Å². The number of hydrogen-bond acceptors (Lipinski definition) is 6. The van der Waals surface area contributed by atoms with Crippen molar-refractivity contribution >= 4 is 5.78 Å². The molecule has 43 heavy (non-hydrogen) atoms. The van der Waals surface area contributed by atoms with Gasteiger partial charge in [-0.05, 0) is 124 Å². The van der Waals surface area contributed by atoms with E-state index in [0.717, 1.165) is 54.2 Å². The van der Waals surface area contributed by atoms with Crippen molar-refractivity contribution in [1.29, 1.82) is 10.5 Å². The van der Waals surface area contributed by atoms with E-state index in [1.165, 1.54) is 37.6 Å². The average molecular weight is 582 g/mol. The first-order chi connectivity index (χ1) is 20.2. The number of nitrogens with zero attached hydrogens (tertiary/aromatic N) is 5. The third-order valence-electron chi connectivity index (χ3n) is 11.7. The van der Waals surface area contributed by atoms with Crippen molar-refractivity contribution in [1.82, 2.24) is 14.8 Å². The molecule has 228 valence electrons. The van der Waals surface area contributed by atoms with E-state index in [-0.39, 0.29) is 16.9 Å². The number of aromatic nitrogens is 3. The number of benzene rings is 1. The van der Waals surface area contributed by atoms with E-state index in [2.05, 4.69) is 36.1 Å². The van der Waals surface area contributed by atoms with Gasteiger partial charge < -0.3 is 5.11 Å². The van der Waals surface area contributed by atoms with Gasteiger partial charge in [-0.3, -0.25) is 4.79 Å². The highest BCUT2D eigenvalue weighted by Gasteiger charge is 2.58. The second-order valence-electron chi connectivity index (χ2n) is 15.1. The van der Waals surface area contributed by atoms with Crippen LogP contribution in [0, 0.1) is 51.2 Å². The Morgan fingerprint density at radius 2 is 1.63 bits per heavy atom. The predicted octanol–water partition coefficient (Wildman–Crippen LogP) is 6.81. The van der Waals surface area contributed by atoms with Crippen molar-refractivity contribution in [2.45, 2.75) is 116 Å². The van der Waals surface area contributed by atoms with Crippen LogP contribution in [0.2, 0.25) is 0 Å². The number of allylic oxidation sites excluding steroid dienone is 1. The maximum absolute atomic E-state index is 11.8. The summed E-state index contributed by atoms with van der Waals surface area (Å²) in [5, 5.41) is 33.4. The van der Waals surface area contributed by atoms with Crippen molar-refractivity contribution < 1.29 is 9.90 Å². The second-order valence-corrected chi connectivity index (χ2v) is 15.1. The van der Waals surface area contributed by atoms with Crippen LogP contribution in [0.5, 0.6) is 0 Å². The number of aliphatic hydroxyl groups excluding tert-OH is 1. The Kier molecular flexibility index (Phi) is 8.20. The molecular formula is C36H47N5O2. The summed E-state index contributed by atoms with van der Waals surface area (Å²) in [4.78, 5) is 15.7. The molecular weight excluding hydrogens is 534 g/mol. The summed E-state index contributed by atoms with van der Waals surface area (Å²) in [7, 11) is 0. The number of rotatable bonds is 4. The first-order valence-corrected chi connectivity index (χ1v) is 16.0. The van der Waals surface area contributed by atoms with Gasteiger partial charge in [0.15, 0.2) is 5.78 Å². The van der Waals surface area contributed by atoms with E-state index < -0.39 is 10.8 Å². The summed E-state index contributed by atoms with van der Waals surface area (Å²) in [6.45, 7) is 12.8. The third kappa shape index (κ3) is 5.69. The van der Waals surface area contributed by atoms with E-state index in [1.54, 1.807) is 11.0 Å². The lowest BCUT2D eigenvalue weighted by Gasteiger charge is -2.57. The fraction of sp³-hybridized carbons (Fsp3) is 0.639. The molecule has 4 aliphatic rings. The fourth-order valence-electron chi connectivity index (χ4n) is 8.67. The van der Waals surface area contributed by atoms with E-state index in [4.69, 9.17) is 0 Å².